The van der Waals surface area contributed by atoms with E-state index >= 15 is 0 Å². The Kier molecular flexibility index (Phi) is 5.18. The van der Waals surface area contributed by atoms with Crippen molar-refractivity contribution in [1.82, 2.24) is 0 Å². The molecule has 0 saturated carbocycles. The molecule has 166 valence electrons. The average molecular weight is 446 g/mol. The number of benzene rings is 3. The zero-order chi connectivity index (χ0) is 22.9. The van der Waals surface area contributed by atoms with Crippen molar-refractivity contribution in [3.8, 4) is 17.2 Å². The zero-order valence-electron chi connectivity index (χ0n) is 17.6. The first-order valence-electron chi connectivity index (χ1n) is 10.3. The van der Waals surface area contributed by atoms with E-state index in [1.165, 1.54) is 24.3 Å². The van der Waals surface area contributed by atoms with Gasteiger partial charge in [-0.05, 0) is 61.0 Å². The summed E-state index contributed by atoms with van der Waals surface area (Å²) in [6.07, 6.45) is 0. The summed E-state index contributed by atoms with van der Waals surface area (Å²) in [5.74, 6) is 0.276. The summed E-state index contributed by atoms with van der Waals surface area (Å²) in [5.41, 5.74) is 1.59. The first kappa shape index (κ1) is 20.6. The van der Waals surface area contributed by atoms with Crippen molar-refractivity contribution in [3.63, 3.8) is 0 Å². The number of hydrogen-bond donors (Lipinski definition) is 1. The summed E-state index contributed by atoms with van der Waals surface area (Å²) in [4.78, 5) is 28.0. The van der Waals surface area contributed by atoms with Gasteiger partial charge in [-0.15, -0.1) is 0 Å². The highest BCUT2D eigenvalue weighted by Gasteiger charge is 2.40. The molecule has 0 atom stereocenters. The van der Waals surface area contributed by atoms with Gasteiger partial charge in [0.1, 0.15) is 17.3 Å². The van der Waals surface area contributed by atoms with Crippen LogP contribution in [-0.4, -0.2) is 25.2 Å². The Balaban J connectivity index is 1.54. The summed E-state index contributed by atoms with van der Waals surface area (Å²) in [6.45, 7) is 2.49. The number of carbonyl (C=O) groups excluding carboxylic acids is 2. The van der Waals surface area contributed by atoms with Gasteiger partial charge in [0.15, 0.2) is 11.5 Å². The highest BCUT2D eigenvalue weighted by atomic mass is 19.1. The molecule has 1 N–H and O–H groups in total. The lowest BCUT2D eigenvalue weighted by molar-refractivity contribution is -0.120. The largest absolute Gasteiger partial charge is 0.494 e. The van der Waals surface area contributed by atoms with Gasteiger partial charge in [-0.3, -0.25) is 9.59 Å². The molecule has 5 rings (SSSR count). The molecule has 0 fully saturated rings. The minimum absolute atomic E-state index is 0.0827. The van der Waals surface area contributed by atoms with E-state index in [1.54, 1.807) is 42.5 Å². The maximum atomic E-state index is 13.5. The molecule has 0 unspecified atom stereocenters. The monoisotopic (exact) mass is 446 g/mol. The Labute approximate surface area is 189 Å². The fraction of sp³-hybridized carbons (Fsp3) is 0.120. The van der Waals surface area contributed by atoms with Gasteiger partial charge in [0.2, 0.25) is 6.79 Å². The van der Waals surface area contributed by atoms with Crippen LogP contribution in [0.15, 0.2) is 72.4 Å². The average Bonchev–Trinajstić information content (AvgIpc) is 3.38. The summed E-state index contributed by atoms with van der Waals surface area (Å²) in [5, 5.41) is 3.06. The van der Waals surface area contributed by atoms with Crippen LogP contribution >= 0.6 is 0 Å². The van der Waals surface area contributed by atoms with E-state index in [1.807, 2.05) is 6.92 Å². The standard InChI is InChI=1S/C25H19FN2O5/c1-2-31-19-10-8-18(9-11-19)28-24(29)22(15-3-5-16(26)6-4-15)23(25(28)30)27-17-7-12-20-21(13-17)33-14-32-20/h3-13,27H,2,14H2,1H3. The third-order valence-electron chi connectivity index (χ3n) is 5.26. The Hall–Kier alpha value is -4.33. The van der Waals surface area contributed by atoms with Crippen molar-refractivity contribution in [3.05, 3.63) is 83.8 Å². The summed E-state index contributed by atoms with van der Waals surface area (Å²) < 4.78 is 29.7. The highest BCUT2D eigenvalue weighted by molar-refractivity contribution is 6.46. The number of amides is 2. The minimum Gasteiger partial charge on any atom is -0.494 e. The van der Waals surface area contributed by atoms with E-state index in [9.17, 15) is 14.0 Å². The summed E-state index contributed by atoms with van der Waals surface area (Å²) in [6, 6.07) is 17.2. The second-order valence-electron chi connectivity index (χ2n) is 7.32. The van der Waals surface area contributed by atoms with Gasteiger partial charge in [-0.1, -0.05) is 12.1 Å². The predicted molar refractivity (Wildman–Crippen MR) is 120 cm³/mol. The normalized spacial score (nSPS) is 14.8. The van der Waals surface area contributed by atoms with Gasteiger partial charge in [-0.25, -0.2) is 9.29 Å². The molecule has 2 aliphatic heterocycles. The van der Waals surface area contributed by atoms with E-state index < -0.39 is 17.6 Å². The van der Waals surface area contributed by atoms with Gasteiger partial charge in [0.25, 0.3) is 11.8 Å². The number of imide groups is 1. The van der Waals surface area contributed by atoms with Crippen molar-refractivity contribution in [2.24, 2.45) is 0 Å². The predicted octanol–water partition coefficient (Wildman–Crippen LogP) is 4.35. The lowest BCUT2D eigenvalue weighted by Crippen LogP contribution is -2.32. The molecule has 0 bridgehead atoms. The number of nitrogens with zero attached hydrogens (tertiary/aromatic N) is 1. The number of carbonyl (C=O) groups is 2. The van der Waals surface area contributed by atoms with E-state index in [0.29, 0.717) is 40.8 Å². The Morgan fingerprint density at radius 3 is 2.39 bits per heavy atom. The number of nitrogens with one attached hydrogen (secondary N) is 1. The van der Waals surface area contributed by atoms with Gasteiger partial charge < -0.3 is 19.5 Å². The number of rotatable bonds is 6. The molecule has 2 aliphatic rings. The van der Waals surface area contributed by atoms with Gasteiger partial charge in [0, 0.05) is 11.8 Å². The molecule has 0 saturated heterocycles. The molecule has 7 nitrogen and oxygen atoms in total. The van der Waals surface area contributed by atoms with Crippen LogP contribution in [0.1, 0.15) is 12.5 Å². The minimum atomic E-state index is -0.527. The number of anilines is 2. The van der Waals surface area contributed by atoms with E-state index in [-0.39, 0.29) is 18.1 Å². The van der Waals surface area contributed by atoms with Crippen LogP contribution in [0, 0.1) is 5.82 Å². The third-order valence-corrected chi connectivity index (χ3v) is 5.26. The highest BCUT2D eigenvalue weighted by Crippen LogP contribution is 2.37. The number of ether oxygens (including phenoxy) is 3. The van der Waals surface area contributed by atoms with E-state index in [2.05, 4.69) is 5.32 Å². The van der Waals surface area contributed by atoms with Gasteiger partial charge >= 0.3 is 0 Å². The van der Waals surface area contributed by atoms with Crippen molar-refractivity contribution in [2.45, 2.75) is 6.92 Å². The third kappa shape index (κ3) is 3.76. The molecule has 2 heterocycles. The van der Waals surface area contributed by atoms with Crippen molar-refractivity contribution < 1.29 is 28.2 Å². The Morgan fingerprint density at radius 2 is 1.67 bits per heavy atom. The van der Waals surface area contributed by atoms with E-state index in [4.69, 9.17) is 14.2 Å². The molecule has 0 radical (unpaired) electrons. The SMILES string of the molecule is CCOc1ccc(N2C(=O)C(Nc3ccc4c(c3)OCO4)=C(c3ccc(F)cc3)C2=O)cc1. The molecule has 0 aliphatic carbocycles. The maximum absolute atomic E-state index is 13.5. The second-order valence-corrected chi connectivity index (χ2v) is 7.32. The zero-order valence-corrected chi connectivity index (χ0v) is 17.6. The molecule has 3 aromatic carbocycles. The molecular weight excluding hydrogens is 427 g/mol. The van der Waals surface area contributed by atoms with Crippen LogP contribution in [0.25, 0.3) is 5.57 Å². The quantitative estimate of drug-likeness (QED) is 0.568. The molecule has 0 aromatic heterocycles. The van der Waals surface area contributed by atoms with Crippen LogP contribution in [-0.2, 0) is 9.59 Å². The number of fused-ring (bicyclic) bond motifs is 1. The van der Waals surface area contributed by atoms with Crippen molar-refractivity contribution >= 4 is 28.8 Å². The van der Waals surface area contributed by atoms with Crippen LogP contribution < -0.4 is 24.4 Å². The maximum Gasteiger partial charge on any atom is 0.282 e. The molecule has 8 heteroatoms. The summed E-state index contributed by atoms with van der Waals surface area (Å²) >= 11 is 0. The van der Waals surface area contributed by atoms with Crippen LogP contribution in [0.4, 0.5) is 15.8 Å². The number of hydrogen-bond acceptors (Lipinski definition) is 6. The van der Waals surface area contributed by atoms with Crippen LogP contribution in [0.3, 0.4) is 0 Å². The summed E-state index contributed by atoms with van der Waals surface area (Å²) in [7, 11) is 0. The van der Waals surface area contributed by atoms with E-state index in [0.717, 1.165) is 4.90 Å². The first-order valence-corrected chi connectivity index (χ1v) is 10.3. The van der Waals surface area contributed by atoms with Crippen molar-refractivity contribution in [2.75, 3.05) is 23.6 Å². The van der Waals surface area contributed by atoms with Crippen molar-refractivity contribution in [1.29, 1.82) is 0 Å². The smallest absolute Gasteiger partial charge is 0.282 e. The lowest BCUT2D eigenvalue weighted by Gasteiger charge is -2.16. The molecule has 0 spiro atoms. The van der Waals surface area contributed by atoms with Crippen LogP contribution in [0.2, 0.25) is 0 Å². The molecule has 33 heavy (non-hydrogen) atoms. The topological polar surface area (TPSA) is 77.1 Å². The second kappa shape index (κ2) is 8.31. The Bertz CT molecular complexity index is 1270. The fourth-order valence-electron chi connectivity index (χ4n) is 3.74. The first-order chi connectivity index (χ1) is 16.0. The van der Waals surface area contributed by atoms with Crippen LogP contribution in [0.5, 0.6) is 17.2 Å². The van der Waals surface area contributed by atoms with Gasteiger partial charge in [-0.2, -0.15) is 0 Å². The Morgan fingerprint density at radius 1 is 0.939 bits per heavy atom. The number of halogens is 1. The lowest BCUT2D eigenvalue weighted by atomic mass is 10.0. The molecule has 2 amide bonds. The van der Waals surface area contributed by atoms with Gasteiger partial charge in [0.05, 0.1) is 17.9 Å². The molecular formula is C25H19FN2O5. The fourth-order valence-corrected chi connectivity index (χ4v) is 3.74. The molecule has 3 aromatic rings.